The second-order valence-electron chi connectivity index (χ2n) is 5.19. The van der Waals surface area contributed by atoms with Crippen LogP contribution in [0.25, 0.3) is 0 Å². The second kappa shape index (κ2) is 8.97. The van der Waals surface area contributed by atoms with Gasteiger partial charge in [0.25, 0.3) is 0 Å². The monoisotopic (exact) mass is 230 g/mol. The Morgan fingerprint density at radius 1 is 1.12 bits per heavy atom. The average Bonchev–Trinajstić information content (AvgIpc) is 2.22. The topological polar surface area (TPSA) is 24.5 Å². The Kier molecular flexibility index (Phi) is 8.90. The number of nitrogens with one attached hydrogen (secondary N) is 1. The predicted octanol–water partition coefficient (Wildman–Crippen LogP) is 1.98. The Balaban J connectivity index is 3.74. The first-order chi connectivity index (χ1) is 7.49. The Bertz CT molecular complexity index is 162. The van der Waals surface area contributed by atoms with Crippen molar-refractivity contribution in [2.75, 3.05) is 33.9 Å². The molecular formula is C13H30N2O. The maximum Gasteiger partial charge on any atom is 0.0587 e. The van der Waals surface area contributed by atoms with Crippen molar-refractivity contribution < 1.29 is 4.74 Å². The maximum atomic E-state index is 5.01. The summed E-state index contributed by atoms with van der Waals surface area (Å²) in [4.78, 5) is 2.46. The van der Waals surface area contributed by atoms with Crippen LogP contribution in [0, 0.1) is 5.92 Å². The minimum atomic E-state index is 0.575. The molecule has 2 unspecified atom stereocenters. The van der Waals surface area contributed by atoms with Crippen LogP contribution in [0.15, 0.2) is 0 Å². The van der Waals surface area contributed by atoms with E-state index in [1.54, 1.807) is 7.11 Å². The van der Waals surface area contributed by atoms with Crippen molar-refractivity contribution in [3.63, 3.8) is 0 Å². The molecule has 0 spiro atoms. The fraction of sp³-hybridized carbons (Fsp3) is 1.00. The Hall–Kier alpha value is -0.120. The molecule has 0 aliphatic rings. The smallest absolute Gasteiger partial charge is 0.0587 e. The average molecular weight is 230 g/mol. The van der Waals surface area contributed by atoms with Crippen LogP contribution in [0.5, 0.6) is 0 Å². The standard InChI is InChI=1S/C13H30N2O/c1-11(2)9-12(3)15(5)13(4)10-14-7-8-16-6/h11-14H,7-10H2,1-6H3. The van der Waals surface area contributed by atoms with Gasteiger partial charge in [0.15, 0.2) is 0 Å². The van der Waals surface area contributed by atoms with Gasteiger partial charge in [-0.25, -0.2) is 0 Å². The summed E-state index contributed by atoms with van der Waals surface area (Å²) in [5, 5.41) is 3.41. The fourth-order valence-electron chi connectivity index (χ4n) is 1.91. The lowest BCUT2D eigenvalue weighted by Crippen LogP contribution is -2.43. The van der Waals surface area contributed by atoms with E-state index in [0.29, 0.717) is 12.1 Å². The molecule has 1 N–H and O–H groups in total. The summed E-state index contributed by atoms with van der Waals surface area (Å²) in [6.07, 6.45) is 1.26. The molecule has 16 heavy (non-hydrogen) atoms. The normalized spacial score (nSPS) is 15.8. The molecule has 0 aliphatic carbocycles. The van der Waals surface area contributed by atoms with Crippen LogP contribution < -0.4 is 5.32 Å². The highest BCUT2D eigenvalue weighted by Gasteiger charge is 2.16. The van der Waals surface area contributed by atoms with Gasteiger partial charge in [0.2, 0.25) is 0 Å². The number of nitrogens with zero attached hydrogens (tertiary/aromatic N) is 1. The molecule has 0 bridgehead atoms. The Labute approximate surface area is 102 Å². The molecule has 0 amide bonds. The van der Waals surface area contributed by atoms with Gasteiger partial charge in [0, 0.05) is 32.3 Å². The molecule has 0 saturated carbocycles. The summed E-state index contributed by atoms with van der Waals surface area (Å²) in [5.41, 5.74) is 0. The largest absolute Gasteiger partial charge is 0.383 e. The fourth-order valence-corrected chi connectivity index (χ4v) is 1.91. The molecule has 0 fully saturated rings. The lowest BCUT2D eigenvalue weighted by atomic mass is 10.0. The number of likely N-dealkylation sites (N-methyl/N-ethyl adjacent to an activating group) is 1. The molecule has 0 aromatic rings. The number of hydrogen-bond donors (Lipinski definition) is 1. The van der Waals surface area contributed by atoms with E-state index in [1.807, 2.05) is 0 Å². The highest BCUT2D eigenvalue weighted by molar-refractivity contribution is 4.73. The van der Waals surface area contributed by atoms with E-state index in [4.69, 9.17) is 4.74 Å². The zero-order valence-electron chi connectivity index (χ0n) is 11.9. The van der Waals surface area contributed by atoms with E-state index in [0.717, 1.165) is 25.6 Å². The summed E-state index contributed by atoms with van der Waals surface area (Å²) in [7, 11) is 3.96. The van der Waals surface area contributed by atoms with Gasteiger partial charge in [0.1, 0.15) is 0 Å². The number of methoxy groups -OCH3 is 1. The molecule has 0 aromatic carbocycles. The number of hydrogen-bond acceptors (Lipinski definition) is 3. The third-order valence-corrected chi connectivity index (χ3v) is 3.13. The van der Waals surface area contributed by atoms with Gasteiger partial charge in [0.05, 0.1) is 6.61 Å². The minimum absolute atomic E-state index is 0.575. The molecule has 0 radical (unpaired) electrons. The minimum Gasteiger partial charge on any atom is -0.383 e. The van der Waals surface area contributed by atoms with Gasteiger partial charge in [-0.2, -0.15) is 0 Å². The van der Waals surface area contributed by atoms with Gasteiger partial charge in [-0.05, 0) is 33.2 Å². The highest BCUT2D eigenvalue weighted by atomic mass is 16.5. The third-order valence-electron chi connectivity index (χ3n) is 3.13. The van der Waals surface area contributed by atoms with Crippen molar-refractivity contribution in [2.45, 2.75) is 46.2 Å². The summed E-state index contributed by atoms with van der Waals surface area (Å²) >= 11 is 0. The van der Waals surface area contributed by atoms with Gasteiger partial charge < -0.3 is 10.1 Å². The first-order valence-corrected chi connectivity index (χ1v) is 6.40. The molecule has 0 aliphatic heterocycles. The van der Waals surface area contributed by atoms with Crippen LogP contribution in [-0.2, 0) is 4.74 Å². The van der Waals surface area contributed by atoms with E-state index in [1.165, 1.54) is 6.42 Å². The van der Waals surface area contributed by atoms with Crippen LogP contribution in [-0.4, -0.2) is 50.8 Å². The molecule has 0 saturated heterocycles. The van der Waals surface area contributed by atoms with E-state index >= 15 is 0 Å². The number of rotatable bonds is 9. The van der Waals surface area contributed by atoms with E-state index in [9.17, 15) is 0 Å². The van der Waals surface area contributed by atoms with Crippen molar-refractivity contribution in [2.24, 2.45) is 5.92 Å². The zero-order chi connectivity index (χ0) is 12.6. The third kappa shape index (κ3) is 7.20. The molecule has 3 nitrogen and oxygen atoms in total. The quantitative estimate of drug-likeness (QED) is 0.613. The van der Waals surface area contributed by atoms with Crippen molar-refractivity contribution in [3.8, 4) is 0 Å². The van der Waals surface area contributed by atoms with Crippen LogP contribution >= 0.6 is 0 Å². The highest BCUT2D eigenvalue weighted by Crippen LogP contribution is 2.11. The molecular weight excluding hydrogens is 200 g/mol. The first kappa shape index (κ1) is 15.9. The van der Waals surface area contributed by atoms with E-state index in [2.05, 4.69) is 45.0 Å². The molecule has 0 rings (SSSR count). The Morgan fingerprint density at radius 2 is 1.75 bits per heavy atom. The van der Waals surface area contributed by atoms with Crippen molar-refractivity contribution in [3.05, 3.63) is 0 Å². The van der Waals surface area contributed by atoms with Crippen LogP contribution in [0.2, 0.25) is 0 Å². The number of ether oxygens (including phenoxy) is 1. The first-order valence-electron chi connectivity index (χ1n) is 6.40. The molecule has 2 atom stereocenters. The van der Waals surface area contributed by atoms with Crippen molar-refractivity contribution >= 4 is 0 Å². The lowest BCUT2D eigenvalue weighted by molar-refractivity contribution is 0.163. The SMILES string of the molecule is COCCNCC(C)N(C)C(C)CC(C)C. The molecule has 0 heterocycles. The summed E-state index contributed by atoms with van der Waals surface area (Å²) in [6, 6.07) is 1.23. The lowest BCUT2D eigenvalue weighted by Gasteiger charge is -2.32. The maximum absolute atomic E-state index is 5.01. The summed E-state index contributed by atoms with van der Waals surface area (Å²) in [5.74, 6) is 0.770. The van der Waals surface area contributed by atoms with Gasteiger partial charge in [-0.15, -0.1) is 0 Å². The summed E-state index contributed by atoms with van der Waals surface area (Å²) in [6.45, 7) is 11.9. The van der Waals surface area contributed by atoms with Crippen molar-refractivity contribution in [1.29, 1.82) is 0 Å². The van der Waals surface area contributed by atoms with Crippen LogP contribution in [0.1, 0.15) is 34.1 Å². The molecule has 98 valence electrons. The van der Waals surface area contributed by atoms with Gasteiger partial charge >= 0.3 is 0 Å². The van der Waals surface area contributed by atoms with Crippen LogP contribution in [0.3, 0.4) is 0 Å². The van der Waals surface area contributed by atoms with E-state index < -0.39 is 0 Å². The molecule has 0 aromatic heterocycles. The molecule has 3 heteroatoms. The van der Waals surface area contributed by atoms with Gasteiger partial charge in [-0.1, -0.05) is 13.8 Å². The summed E-state index contributed by atoms with van der Waals surface area (Å²) < 4.78 is 5.01. The zero-order valence-corrected chi connectivity index (χ0v) is 11.9. The second-order valence-corrected chi connectivity index (χ2v) is 5.19. The van der Waals surface area contributed by atoms with Crippen LogP contribution in [0.4, 0.5) is 0 Å². The Morgan fingerprint density at radius 3 is 2.25 bits per heavy atom. The van der Waals surface area contributed by atoms with Crippen molar-refractivity contribution in [1.82, 2.24) is 10.2 Å². The van der Waals surface area contributed by atoms with E-state index in [-0.39, 0.29) is 0 Å². The van der Waals surface area contributed by atoms with Gasteiger partial charge in [-0.3, -0.25) is 4.90 Å². The predicted molar refractivity (Wildman–Crippen MR) is 70.9 cm³/mol.